The Morgan fingerprint density at radius 1 is 1.00 bits per heavy atom. The molecular weight excluding hydrogens is 378 g/mol. The molecule has 136 valence electrons. The average Bonchev–Trinajstić information content (AvgIpc) is 3.01. The third-order valence-electron chi connectivity index (χ3n) is 3.55. The topological polar surface area (TPSA) is 137 Å². The van der Waals surface area contributed by atoms with Crippen LogP contribution >= 0.6 is 0 Å². The number of sulfonamides is 2. The zero-order valence-corrected chi connectivity index (χ0v) is 15.2. The van der Waals surface area contributed by atoms with Crippen LogP contribution in [0.4, 0.5) is 5.69 Å². The first-order chi connectivity index (χ1) is 12.2. The highest BCUT2D eigenvalue weighted by Gasteiger charge is 2.17. The number of nitrogens with zero attached hydrogens (tertiary/aromatic N) is 3. The Balaban J connectivity index is 1.87. The highest BCUT2D eigenvalue weighted by molar-refractivity contribution is 7.93. The van der Waals surface area contributed by atoms with E-state index in [1.165, 1.54) is 18.2 Å². The van der Waals surface area contributed by atoms with Crippen LogP contribution in [-0.2, 0) is 27.1 Å². The molecule has 3 N–H and O–H groups in total. The summed E-state index contributed by atoms with van der Waals surface area (Å²) in [5, 5.41) is 12.8. The van der Waals surface area contributed by atoms with Crippen molar-refractivity contribution in [2.45, 2.75) is 9.79 Å². The summed E-state index contributed by atoms with van der Waals surface area (Å²) in [6.45, 7) is 0. The minimum absolute atomic E-state index is 0.207. The van der Waals surface area contributed by atoms with Crippen LogP contribution in [0.3, 0.4) is 0 Å². The van der Waals surface area contributed by atoms with E-state index in [0.29, 0.717) is 11.5 Å². The van der Waals surface area contributed by atoms with Gasteiger partial charge in [-0.2, -0.15) is 0 Å². The van der Waals surface area contributed by atoms with Crippen LogP contribution in [0.5, 0.6) is 0 Å². The van der Waals surface area contributed by atoms with Gasteiger partial charge in [-0.05, 0) is 42.5 Å². The van der Waals surface area contributed by atoms with Crippen LogP contribution in [0, 0.1) is 0 Å². The first kappa shape index (κ1) is 18.0. The smallest absolute Gasteiger partial charge is 0.261 e. The van der Waals surface area contributed by atoms with Crippen LogP contribution in [0.1, 0.15) is 0 Å². The fourth-order valence-electron chi connectivity index (χ4n) is 2.26. The molecule has 26 heavy (non-hydrogen) atoms. The Hall–Kier alpha value is -2.76. The molecule has 3 rings (SSSR count). The van der Waals surface area contributed by atoms with E-state index >= 15 is 0 Å². The third-order valence-corrected chi connectivity index (χ3v) is 5.84. The predicted octanol–water partition coefficient (Wildman–Crippen LogP) is 0.930. The number of hydrogen-bond donors (Lipinski definition) is 2. The molecule has 0 amide bonds. The summed E-state index contributed by atoms with van der Waals surface area (Å²) < 4.78 is 51.9. The summed E-state index contributed by atoms with van der Waals surface area (Å²) in [6, 6.07) is 11.4. The lowest BCUT2D eigenvalue weighted by molar-refractivity contribution is 0.597. The third kappa shape index (κ3) is 3.74. The molecule has 0 aliphatic rings. The minimum atomic E-state index is -4.00. The highest BCUT2D eigenvalue weighted by Crippen LogP contribution is 2.22. The van der Waals surface area contributed by atoms with Crippen LogP contribution < -0.4 is 9.86 Å². The Kier molecular flexibility index (Phi) is 4.52. The highest BCUT2D eigenvalue weighted by atomic mass is 32.2. The molecule has 0 bridgehead atoms. The van der Waals surface area contributed by atoms with Gasteiger partial charge in [0, 0.05) is 18.3 Å². The van der Waals surface area contributed by atoms with E-state index in [1.54, 1.807) is 42.2 Å². The van der Waals surface area contributed by atoms with Crippen molar-refractivity contribution in [3.8, 4) is 11.4 Å². The zero-order chi connectivity index (χ0) is 18.9. The van der Waals surface area contributed by atoms with Gasteiger partial charge in [0.1, 0.15) is 6.33 Å². The molecular formula is C15H15N5O4S2. The lowest BCUT2D eigenvalue weighted by Gasteiger charge is -2.09. The molecule has 3 aromatic rings. The van der Waals surface area contributed by atoms with Gasteiger partial charge in [0.2, 0.25) is 10.0 Å². The van der Waals surface area contributed by atoms with Gasteiger partial charge in [0.25, 0.3) is 10.0 Å². The molecule has 0 aliphatic heterocycles. The van der Waals surface area contributed by atoms with E-state index in [2.05, 4.69) is 14.9 Å². The second-order valence-corrected chi connectivity index (χ2v) is 8.71. The van der Waals surface area contributed by atoms with Crippen molar-refractivity contribution in [3.05, 3.63) is 54.9 Å². The normalized spacial score (nSPS) is 12.1. The molecule has 0 radical (unpaired) electrons. The summed E-state index contributed by atoms with van der Waals surface area (Å²) in [6.07, 6.45) is 1.56. The van der Waals surface area contributed by atoms with Gasteiger partial charge in [-0.3, -0.25) is 4.72 Å². The Bertz CT molecular complexity index is 1150. The van der Waals surface area contributed by atoms with Crippen LogP contribution in [0.2, 0.25) is 0 Å². The molecule has 0 aliphatic carbocycles. The number of aryl methyl sites for hydroxylation is 1. The Morgan fingerprint density at radius 3 is 2.23 bits per heavy atom. The number of rotatable bonds is 5. The Morgan fingerprint density at radius 2 is 1.65 bits per heavy atom. The van der Waals surface area contributed by atoms with Crippen LogP contribution in [-0.4, -0.2) is 31.6 Å². The lowest BCUT2D eigenvalue weighted by Crippen LogP contribution is -2.16. The molecule has 0 spiro atoms. The van der Waals surface area contributed by atoms with E-state index in [0.717, 1.165) is 11.6 Å². The van der Waals surface area contributed by atoms with Gasteiger partial charge >= 0.3 is 0 Å². The monoisotopic (exact) mass is 393 g/mol. The summed E-state index contributed by atoms with van der Waals surface area (Å²) >= 11 is 0. The van der Waals surface area contributed by atoms with Crippen molar-refractivity contribution in [1.29, 1.82) is 0 Å². The van der Waals surface area contributed by atoms with Gasteiger partial charge in [-0.25, -0.2) is 22.0 Å². The molecule has 0 unspecified atom stereocenters. The van der Waals surface area contributed by atoms with Crippen molar-refractivity contribution in [1.82, 2.24) is 14.8 Å². The standard InChI is InChI=1S/C15H15N5O4S2/c1-20-10-17-18-15(20)11-5-7-12(8-6-11)19-26(23,24)14-4-2-3-13(9-14)25(16,21)22/h2-10,19H,1H3,(H2,16,21,22). The second-order valence-electron chi connectivity index (χ2n) is 5.47. The maximum Gasteiger partial charge on any atom is 0.261 e. The number of nitrogens with one attached hydrogen (secondary N) is 1. The minimum Gasteiger partial charge on any atom is -0.317 e. The molecule has 0 saturated carbocycles. The maximum atomic E-state index is 12.5. The largest absolute Gasteiger partial charge is 0.317 e. The van der Waals surface area contributed by atoms with Gasteiger partial charge in [0.05, 0.1) is 9.79 Å². The van der Waals surface area contributed by atoms with E-state index in [9.17, 15) is 16.8 Å². The van der Waals surface area contributed by atoms with Gasteiger partial charge < -0.3 is 4.57 Å². The summed E-state index contributed by atoms with van der Waals surface area (Å²) in [5.41, 5.74) is 1.08. The van der Waals surface area contributed by atoms with Gasteiger partial charge in [-0.1, -0.05) is 6.07 Å². The number of nitrogens with two attached hydrogens (primary N) is 1. The average molecular weight is 393 g/mol. The fourth-order valence-corrected chi connectivity index (χ4v) is 4.00. The first-order valence-electron chi connectivity index (χ1n) is 7.27. The number of anilines is 1. The van der Waals surface area contributed by atoms with E-state index in [-0.39, 0.29) is 9.79 Å². The van der Waals surface area contributed by atoms with Crippen molar-refractivity contribution in [3.63, 3.8) is 0 Å². The number of aromatic nitrogens is 3. The van der Waals surface area contributed by atoms with Gasteiger partial charge in [-0.15, -0.1) is 10.2 Å². The van der Waals surface area contributed by atoms with Crippen molar-refractivity contribution in [2.75, 3.05) is 4.72 Å². The molecule has 0 saturated heterocycles. The Labute approximate surface area is 150 Å². The van der Waals surface area contributed by atoms with E-state index < -0.39 is 20.0 Å². The van der Waals surface area contributed by atoms with Gasteiger partial charge in [0.15, 0.2) is 5.82 Å². The van der Waals surface area contributed by atoms with Crippen molar-refractivity contribution < 1.29 is 16.8 Å². The first-order valence-corrected chi connectivity index (χ1v) is 10.3. The summed E-state index contributed by atoms with van der Waals surface area (Å²) in [7, 11) is -6.18. The fraction of sp³-hybridized carbons (Fsp3) is 0.0667. The van der Waals surface area contributed by atoms with Crippen molar-refractivity contribution >= 4 is 25.7 Å². The van der Waals surface area contributed by atoms with E-state index in [4.69, 9.17) is 5.14 Å². The maximum absolute atomic E-state index is 12.5. The summed E-state index contributed by atoms with van der Waals surface area (Å²) in [5.74, 6) is 0.639. The molecule has 1 heterocycles. The SMILES string of the molecule is Cn1cnnc1-c1ccc(NS(=O)(=O)c2cccc(S(N)(=O)=O)c2)cc1. The lowest BCUT2D eigenvalue weighted by atomic mass is 10.2. The van der Waals surface area contributed by atoms with E-state index in [1.807, 2.05) is 0 Å². The second kappa shape index (κ2) is 6.52. The predicted molar refractivity (Wildman–Crippen MR) is 95.1 cm³/mol. The quantitative estimate of drug-likeness (QED) is 0.661. The number of hydrogen-bond acceptors (Lipinski definition) is 6. The van der Waals surface area contributed by atoms with Crippen LogP contribution in [0.15, 0.2) is 64.6 Å². The molecule has 9 nitrogen and oxygen atoms in total. The molecule has 0 fully saturated rings. The number of primary sulfonamides is 1. The van der Waals surface area contributed by atoms with Crippen LogP contribution in [0.25, 0.3) is 11.4 Å². The summed E-state index contributed by atoms with van der Waals surface area (Å²) in [4.78, 5) is -0.487. The zero-order valence-electron chi connectivity index (χ0n) is 13.6. The molecule has 0 atom stereocenters. The molecule has 1 aromatic heterocycles. The van der Waals surface area contributed by atoms with Crippen molar-refractivity contribution in [2.24, 2.45) is 12.2 Å². The molecule has 11 heteroatoms. The molecule has 2 aromatic carbocycles. The number of benzene rings is 2.